The molecule has 3 heteroatoms. The summed E-state index contributed by atoms with van der Waals surface area (Å²) in [6, 6.07) is 17.6. The summed E-state index contributed by atoms with van der Waals surface area (Å²) in [5.41, 5.74) is 7.12. The van der Waals surface area contributed by atoms with Crippen molar-refractivity contribution >= 4 is 5.69 Å². The first-order valence-electron chi connectivity index (χ1n) is 6.77. The SMILES string of the molecule is N#CC1(c2cccc(Oc3ccc(N)cc3)c2)CCC1. The number of nitrogens with zero attached hydrogens (tertiary/aromatic N) is 1. The first-order valence-corrected chi connectivity index (χ1v) is 6.77. The Morgan fingerprint density at radius 3 is 2.40 bits per heavy atom. The molecule has 0 saturated heterocycles. The molecule has 0 aliphatic heterocycles. The Labute approximate surface area is 118 Å². The van der Waals surface area contributed by atoms with E-state index in [0.29, 0.717) is 5.69 Å². The number of hydrogen-bond donors (Lipinski definition) is 1. The molecule has 0 radical (unpaired) electrons. The van der Waals surface area contributed by atoms with E-state index >= 15 is 0 Å². The van der Waals surface area contributed by atoms with Gasteiger partial charge in [-0.2, -0.15) is 5.26 Å². The molecule has 2 aromatic rings. The van der Waals surface area contributed by atoms with Crippen LogP contribution in [0.4, 0.5) is 5.69 Å². The predicted octanol–water partition coefficient (Wildman–Crippen LogP) is 4.01. The molecular weight excluding hydrogens is 248 g/mol. The molecule has 20 heavy (non-hydrogen) atoms. The normalized spacial score (nSPS) is 15.9. The highest BCUT2D eigenvalue weighted by Crippen LogP contribution is 2.44. The van der Waals surface area contributed by atoms with Crippen molar-refractivity contribution in [1.29, 1.82) is 5.26 Å². The van der Waals surface area contributed by atoms with E-state index in [-0.39, 0.29) is 5.41 Å². The monoisotopic (exact) mass is 264 g/mol. The lowest BCUT2D eigenvalue weighted by molar-refractivity contribution is 0.323. The lowest BCUT2D eigenvalue weighted by atomic mass is 9.65. The standard InChI is InChI=1S/C17H16N2O/c18-12-17(9-2-10-17)13-3-1-4-16(11-13)20-15-7-5-14(19)6-8-15/h1,3-8,11H,2,9-10,19H2. The summed E-state index contributed by atoms with van der Waals surface area (Å²) in [5.74, 6) is 1.50. The van der Waals surface area contributed by atoms with Crippen molar-refractivity contribution in [1.82, 2.24) is 0 Å². The van der Waals surface area contributed by atoms with Crippen molar-refractivity contribution in [2.45, 2.75) is 24.7 Å². The first-order chi connectivity index (χ1) is 9.72. The van der Waals surface area contributed by atoms with Crippen LogP contribution in [0, 0.1) is 11.3 Å². The minimum Gasteiger partial charge on any atom is -0.457 e. The van der Waals surface area contributed by atoms with Crippen LogP contribution in [0.15, 0.2) is 48.5 Å². The van der Waals surface area contributed by atoms with E-state index in [1.807, 2.05) is 48.5 Å². The fourth-order valence-corrected chi connectivity index (χ4v) is 2.52. The van der Waals surface area contributed by atoms with Crippen LogP contribution in [0.3, 0.4) is 0 Å². The van der Waals surface area contributed by atoms with Gasteiger partial charge in [-0.1, -0.05) is 12.1 Å². The van der Waals surface area contributed by atoms with E-state index in [1.165, 1.54) is 0 Å². The van der Waals surface area contributed by atoms with Crippen LogP contribution < -0.4 is 10.5 Å². The van der Waals surface area contributed by atoms with Crippen molar-refractivity contribution in [3.8, 4) is 17.6 Å². The second-order valence-electron chi connectivity index (χ2n) is 5.25. The van der Waals surface area contributed by atoms with Gasteiger partial charge in [0.25, 0.3) is 0 Å². The molecule has 1 aliphatic rings. The van der Waals surface area contributed by atoms with E-state index in [9.17, 15) is 5.26 Å². The number of nitrogen functional groups attached to an aromatic ring is 1. The molecule has 3 nitrogen and oxygen atoms in total. The largest absolute Gasteiger partial charge is 0.457 e. The number of nitrogens with two attached hydrogens (primary N) is 1. The van der Waals surface area contributed by atoms with Gasteiger partial charge in [-0.3, -0.25) is 0 Å². The summed E-state index contributed by atoms with van der Waals surface area (Å²) < 4.78 is 5.82. The van der Waals surface area contributed by atoms with Crippen molar-refractivity contribution < 1.29 is 4.74 Å². The quantitative estimate of drug-likeness (QED) is 0.852. The molecule has 0 unspecified atom stereocenters. The maximum Gasteiger partial charge on any atom is 0.127 e. The third kappa shape index (κ3) is 2.21. The third-order valence-electron chi connectivity index (χ3n) is 3.92. The number of anilines is 1. The molecular formula is C17H16N2O. The Morgan fingerprint density at radius 1 is 1.05 bits per heavy atom. The zero-order chi connectivity index (χ0) is 14.0. The molecule has 0 atom stereocenters. The van der Waals surface area contributed by atoms with Gasteiger partial charge in [-0.05, 0) is 61.2 Å². The molecule has 0 bridgehead atoms. The highest BCUT2D eigenvalue weighted by Gasteiger charge is 2.39. The zero-order valence-electron chi connectivity index (χ0n) is 11.2. The summed E-state index contributed by atoms with van der Waals surface area (Å²) in [5, 5.41) is 9.40. The molecule has 2 aromatic carbocycles. The van der Waals surface area contributed by atoms with Gasteiger partial charge < -0.3 is 10.5 Å². The number of rotatable bonds is 3. The van der Waals surface area contributed by atoms with Crippen LogP contribution >= 0.6 is 0 Å². The topological polar surface area (TPSA) is 59.0 Å². The van der Waals surface area contributed by atoms with Gasteiger partial charge in [0, 0.05) is 5.69 Å². The Balaban J connectivity index is 1.85. The first kappa shape index (κ1) is 12.6. The van der Waals surface area contributed by atoms with Crippen LogP contribution in [0.2, 0.25) is 0 Å². The lowest BCUT2D eigenvalue weighted by Crippen LogP contribution is -2.32. The summed E-state index contributed by atoms with van der Waals surface area (Å²) in [7, 11) is 0. The van der Waals surface area contributed by atoms with Crippen LogP contribution in [0.5, 0.6) is 11.5 Å². The molecule has 1 aliphatic carbocycles. The van der Waals surface area contributed by atoms with E-state index in [4.69, 9.17) is 10.5 Å². The highest BCUT2D eigenvalue weighted by atomic mass is 16.5. The fraction of sp³-hybridized carbons (Fsp3) is 0.235. The highest BCUT2D eigenvalue weighted by molar-refractivity contribution is 5.45. The summed E-state index contributed by atoms with van der Waals surface area (Å²) in [6.45, 7) is 0. The van der Waals surface area contributed by atoms with Gasteiger partial charge >= 0.3 is 0 Å². The molecule has 3 rings (SSSR count). The van der Waals surface area contributed by atoms with Crippen LogP contribution in [0.1, 0.15) is 24.8 Å². The lowest BCUT2D eigenvalue weighted by Gasteiger charge is -2.35. The average molecular weight is 264 g/mol. The minimum absolute atomic E-state index is 0.305. The van der Waals surface area contributed by atoms with E-state index in [0.717, 1.165) is 36.3 Å². The second-order valence-corrected chi connectivity index (χ2v) is 5.25. The summed E-state index contributed by atoms with van der Waals surface area (Å²) >= 11 is 0. The summed E-state index contributed by atoms with van der Waals surface area (Å²) in [6.07, 6.45) is 3.00. The Bertz CT molecular complexity index is 651. The number of hydrogen-bond acceptors (Lipinski definition) is 3. The number of benzene rings is 2. The maximum absolute atomic E-state index is 9.40. The zero-order valence-corrected chi connectivity index (χ0v) is 11.2. The van der Waals surface area contributed by atoms with Crippen molar-refractivity contribution in [2.24, 2.45) is 0 Å². The Hall–Kier alpha value is -2.47. The van der Waals surface area contributed by atoms with Gasteiger partial charge in [-0.15, -0.1) is 0 Å². The van der Waals surface area contributed by atoms with Crippen LogP contribution in [0.25, 0.3) is 0 Å². The Morgan fingerprint density at radius 2 is 1.80 bits per heavy atom. The van der Waals surface area contributed by atoms with Gasteiger partial charge in [0.1, 0.15) is 11.5 Å². The summed E-state index contributed by atoms with van der Waals surface area (Å²) in [4.78, 5) is 0. The van der Waals surface area contributed by atoms with Gasteiger partial charge in [0.05, 0.1) is 11.5 Å². The molecule has 2 N–H and O–H groups in total. The smallest absolute Gasteiger partial charge is 0.127 e. The van der Waals surface area contributed by atoms with Gasteiger partial charge in [0.15, 0.2) is 0 Å². The number of ether oxygens (including phenoxy) is 1. The van der Waals surface area contributed by atoms with E-state index in [1.54, 1.807) is 0 Å². The van der Waals surface area contributed by atoms with Crippen molar-refractivity contribution in [2.75, 3.05) is 5.73 Å². The molecule has 0 amide bonds. The maximum atomic E-state index is 9.40. The van der Waals surface area contributed by atoms with Gasteiger partial charge in [-0.25, -0.2) is 0 Å². The molecule has 100 valence electrons. The van der Waals surface area contributed by atoms with Crippen molar-refractivity contribution in [3.05, 3.63) is 54.1 Å². The molecule has 0 spiro atoms. The van der Waals surface area contributed by atoms with Gasteiger partial charge in [0.2, 0.25) is 0 Å². The number of nitriles is 1. The Kier molecular flexibility index (Phi) is 3.08. The molecule has 1 fully saturated rings. The van der Waals surface area contributed by atoms with Crippen LogP contribution in [-0.4, -0.2) is 0 Å². The van der Waals surface area contributed by atoms with Crippen LogP contribution in [-0.2, 0) is 5.41 Å². The fourth-order valence-electron chi connectivity index (χ4n) is 2.52. The van der Waals surface area contributed by atoms with Crippen molar-refractivity contribution in [3.63, 3.8) is 0 Å². The van der Waals surface area contributed by atoms with E-state index in [2.05, 4.69) is 6.07 Å². The van der Waals surface area contributed by atoms with E-state index < -0.39 is 0 Å². The second kappa shape index (κ2) is 4.90. The predicted molar refractivity (Wildman–Crippen MR) is 78.5 cm³/mol. The molecule has 0 aromatic heterocycles. The molecule has 0 heterocycles. The third-order valence-corrected chi connectivity index (χ3v) is 3.92. The molecule has 1 saturated carbocycles. The average Bonchev–Trinajstić information content (AvgIpc) is 2.41. The minimum atomic E-state index is -0.305.